The molecular formula is C27H32ClN3O5Tc-2. The molecule has 0 heterocycles. The number of carbonyl (C=O) groups excluding carboxylic acids is 2. The predicted molar refractivity (Wildman–Crippen MR) is 138 cm³/mol. The molecule has 1 radical (unpaired) electrons. The summed E-state index contributed by atoms with van der Waals surface area (Å²) in [5, 5.41) is 18.5. The molecule has 0 aliphatic heterocycles. The molecule has 201 valence electrons. The average molecular weight is 612 g/mol. The van der Waals surface area contributed by atoms with E-state index in [2.05, 4.69) is 22.0 Å². The minimum atomic E-state index is -1.10. The van der Waals surface area contributed by atoms with Crippen molar-refractivity contribution < 1.29 is 44.3 Å². The Morgan fingerprint density at radius 1 is 1.03 bits per heavy atom. The third-order valence-corrected chi connectivity index (χ3v) is 5.80. The van der Waals surface area contributed by atoms with E-state index < -0.39 is 24.1 Å². The van der Waals surface area contributed by atoms with Crippen LogP contribution in [-0.2, 0) is 47.5 Å². The van der Waals surface area contributed by atoms with Crippen LogP contribution < -0.4 is 16.0 Å². The molecule has 1 aliphatic carbocycles. The van der Waals surface area contributed by atoms with Crippen LogP contribution in [0.3, 0.4) is 0 Å². The van der Waals surface area contributed by atoms with Gasteiger partial charge in [0, 0.05) is 37.2 Å². The van der Waals surface area contributed by atoms with Crippen molar-refractivity contribution in [1.29, 1.82) is 0 Å². The first-order valence-electron chi connectivity index (χ1n) is 11.5. The number of ether oxygens (including phenoxy) is 1. The molecule has 2 aromatic rings. The van der Waals surface area contributed by atoms with E-state index in [1.165, 1.54) is 0 Å². The summed E-state index contributed by atoms with van der Waals surface area (Å²) < 4.78 is 5.14. The Morgan fingerprint density at radius 3 is 2.35 bits per heavy atom. The molecule has 2 aromatic carbocycles. The van der Waals surface area contributed by atoms with Crippen molar-refractivity contribution in [2.45, 2.75) is 50.4 Å². The quantitative estimate of drug-likeness (QED) is 0.191. The third kappa shape index (κ3) is 11.9. The number of halogens is 1. The van der Waals surface area contributed by atoms with Crippen LogP contribution in [0, 0.1) is 13.5 Å². The molecule has 37 heavy (non-hydrogen) atoms. The van der Waals surface area contributed by atoms with Crippen LogP contribution in [-0.4, -0.2) is 47.7 Å². The molecule has 0 saturated heterocycles. The molecule has 2 amide bonds. The van der Waals surface area contributed by atoms with Gasteiger partial charge in [-0.05, 0) is 37.3 Å². The van der Waals surface area contributed by atoms with Crippen molar-refractivity contribution >= 4 is 29.6 Å². The van der Waals surface area contributed by atoms with Gasteiger partial charge in [0.25, 0.3) is 0 Å². The fourth-order valence-corrected chi connectivity index (χ4v) is 3.63. The number of rotatable bonds is 14. The molecule has 1 aliphatic rings. The first-order chi connectivity index (χ1) is 16.9. The molecule has 0 saturated carbocycles. The van der Waals surface area contributed by atoms with E-state index in [1.54, 1.807) is 24.3 Å². The zero-order chi connectivity index (χ0) is 25.0. The smallest absolute Gasteiger partial charge is 0.407 e. The molecule has 0 spiro atoms. The van der Waals surface area contributed by atoms with Gasteiger partial charge in [0.2, 0.25) is 5.91 Å². The average Bonchev–Trinajstić information content (AvgIpc) is 3.66. The molecule has 3 atom stereocenters. The van der Waals surface area contributed by atoms with Crippen molar-refractivity contribution in [3.8, 4) is 0 Å². The number of benzene rings is 2. The van der Waals surface area contributed by atoms with E-state index >= 15 is 0 Å². The normalized spacial score (nSPS) is 14.8. The van der Waals surface area contributed by atoms with Gasteiger partial charge in [0.15, 0.2) is 0 Å². The molecule has 3 rings (SSSR count). The van der Waals surface area contributed by atoms with E-state index in [4.69, 9.17) is 16.3 Å². The summed E-state index contributed by atoms with van der Waals surface area (Å²) in [7, 11) is 0. The van der Waals surface area contributed by atoms with Gasteiger partial charge in [0.05, 0.1) is 6.04 Å². The third-order valence-electron chi connectivity index (χ3n) is 5.43. The Balaban J connectivity index is 0.00000342. The van der Waals surface area contributed by atoms with Gasteiger partial charge in [0.1, 0.15) is 12.6 Å². The Bertz CT molecular complexity index is 1030. The first-order valence-corrected chi connectivity index (χ1v) is 11.9. The fourth-order valence-electron chi connectivity index (χ4n) is 3.44. The molecule has 0 bridgehead atoms. The number of alkyl carbamates (subject to hydrolysis) is 1. The number of carboxylic acids is 1. The summed E-state index contributed by atoms with van der Waals surface area (Å²) in [5.74, 6) is -1.47. The number of hydrogen-bond donors (Lipinski definition) is 4. The van der Waals surface area contributed by atoms with Crippen LogP contribution >= 0.6 is 11.6 Å². The predicted octanol–water partition coefficient (Wildman–Crippen LogP) is 3.70. The molecule has 8 nitrogen and oxygen atoms in total. The van der Waals surface area contributed by atoms with Gasteiger partial charge < -0.3 is 39.3 Å². The number of carboxylic acid groups (broad SMARTS) is 1. The van der Waals surface area contributed by atoms with Crippen LogP contribution in [0.15, 0.2) is 60.7 Å². The van der Waals surface area contributed by atoms with Crippen LogP contribution in [0.5, 0.6) is 0 Å². The number of amides is 2. The number of aliphatic carboxylic acids is 1. The molecule has 0 aromatic heterocycles. The molecule has 0 fully saturated rings. The fraction of sp³-hybridized carbons (Fsp3) is 0.333. The first kappa shape index (κ1) is 32.3. The summed E-state index contributed by atoms with van der Waals surface area (Å²) in [6.07, 6.45) is 5.92. The van der Waals surface area contributed by atoms with Gasteiger partial charge in [-0.3, -0.25) is 10.9 Å². The summed E-state index contributed by atoms with van der Waals surface area (Å²) in [4.78, 5) is 36.4. The van der Waals surface area contributed by atoms with Gasteiger partial charge in [-0.25, -0.2) is 9.59 Å². The maximum absolute atomic E-state index is 12.9. The van der Waals surface area contributed by atoms with Crippen LogP contribution in [0.2, 0.25) is 5.02 Å². The second-order valence-electron chi connectivity index (χ2n) is 8.21. The largest absolute Gasteiger partial charge is 0.483 e. The summed E-state index contributed by atoms with van der Waals surface area (Å²) >= 11 is 6.03. The van der Waals surface area contributed by atoms with Crippen LogP contribution in [0.25, 0.3) is 0 Å². The van der Waals surface area contributed by atoms with Gasteiger partial charge in [-0.1, -0.05) is 60.1 Å². The van der Waals surface area contributed by atoms with Gasteiger partial charge in [-0.2, -0.15) is 0 Å². The summed E-state index contributed by atoms with van der Waals surface area (Å²) in [5.41, 5.74) is 1.68. The van der Waals surface area contributed by atoms with Gasteiger partial charge >= 0.3 is 12.1 Å². The summed E-state index contributed by atoms with van der Waals surface area (Å²) in [6.45, 7) is 0.383. The number of carbonyl (C=O) groups is 3. The topological polar surface area (TPSA) is 117 Å². The van der Waals surface area contributed by atoms with E-state index in [0.29, 0.717) is 36.4 Å². The minimum Gasteiger partial charge on any atom is -0.483 e. The van der Waals surface area contributed by atoms with Gasteiger partial charge in [-0.15, -0.1) is 6.04 Å². The Hall–Kier alpha value is -2.71. The second-order valence-corrected chi connectivity index (χ2v) is 8.62. The van der Waals surface area contributed by atoms with E-state index in [1.807, 2.05) is 36.4 Å². The van der Waals surface area contributed by atoms with E-state index in [0.717, 1.165) is 5.56 Å². The molecule has 4 N–H and O–H groups in total. The Morgan fingerprint density at radius 2 is 1.70 bits per heavy atom. The Labute approximate surface area is 236 Å². The van der Waals surface area contributed by atoms with Crippen LogP contribution in [0.4, 0.5) is 4.79 Å². The van der Waals surface area contributed by atoms with Crippen molar-refractivity contribution in [1.82, 2.24) is 16.0 Å². The van der Waals surface area contributed by atoms with Crippen molar-refractivity contribution in [3.63, 3.8) is 0 Å². The summed E-state index contributed by atoms with van der Waals surface area (Å²) in [6, 6.07) is 15.0. The maximum Gasteiger partial charge on any atom is 0.407 e. The second kappa shape index (κ2) is 16.9. The minimum absolute atomic E-state index is 0. The maximum atomic E-state index is 12.9. The number of hydrogen-bond acceptors (Lipinski definition) is 5. The molecular weight excluding hydrogens is 580 g/mol. The standard InChI is InChI=1S/C26H29ClN3O5.CH3.Tc/c27-21-11-5-4-10-19(21)17-35-26(34)28-15-7-6-12-22(25(32)33)30-24(31)23(29-20-13-14-20)16-18-8-2-1-3-9-18;;/h1-5,8-11,13,20,22-23,29H,6-7,12,15-17H2,(H,28,34)(H,30,31)(H,32,33);1H3;/q2*-1;. The number of nitrogens with one attached hydrogen (secondary N) is 3. The zero-order valence-electron chi connectivity index (χ0n) is 20.6. The van der Waals surface area contributed by atoms with Crippen molar-refractivity contribution in [2.75, 3.05) is 6.54 Å². The molecule has 3 unspecified atom stereocenters. The molecule has 10 heteroatoms. The Kier molecular flexibility index (Phi) is 14.8. The SMILES string of the molecule is O=C(NCCCCC(NC(=O)C(Cc1ccccc1)NC1[C-]=C1)C(=O)O)OCc1ccccc1Cl.[CH3-].[Tc]. The monoisotopic (exact) mass is 610 g/mol. The van der Waals surface area contributed by atoms with Crippen LogP contribution in [0.1, 0.15) is 30.4 Å². The van der Waals surface area contributed by atoms with Crippen molar-refractivity contribution in [3.05, 3.63) is 90.3 Å². The van der Waals surface area contributed by atoms with E-state index in [-0.39, 0.29) is 52.5 Å². The van der Waals surface area contributed by atoms with Crippen molar-refractivity contribution in [2.24, 2.45) is 0 Å². The van der Waals surface area contributed by atoms with E-state index in [9.17, 15) is 19.5 Å². The number of unbranched alkanes of at least 4 members (excludes halogenated alkanes) is 1. The zero-order valence-corrected chi connectivity index (χ0v) is 23.2.